The minimum atomic E-state index is -6.27. The first-order valence-electron chi connectivity index (χ1n) is 13.7. The lowest BCUT2D eigenvalue weighted by Gasteiger charge is -2.29. The SMILES string of the molecule is Cc1cc(C(C)Nc2ccc(Cl)nc2-c2cc(F)c(OS(=O)(=O)C(F)(F)F)c(C=O)c2)c2oc(N3CCOCC3)c(C)c(=O)c2c1. The van der Waals surface area contributed by atoms with Gasteiger partial charge < -0.3 is 23.6 Å². The van der Waals surface area contributed by atoms with Gasteiger partial charge in [0.15, 0.2) is 23.3 Å². The van der Waals surface area contributed by atoms with Crippen molar-refractivity contribution in [1.29, 1.82) is 0 Å². The monoisotopic (exact) mass is 683 g/mol. The van der Waals surface area contributed by atoms with Gasteiger partial charge in [-0.1, -0.05) is 17.7 Å². The van der Waals surface area contributed by atoms with Crippen LogP contribution in [0.5, 0.6) is 5.75 Å². The van der Waals surface area contributed by atoms with Gasteiger partial charge in [-0.2, -0.15) is 21.6 Å². The summed E-state index contributed by atoms with van der Waals surface area (Å²) < 4.78 is 92.5. The molecule has 1 N–H and O–H groups in total. The van der Waals surface area contributed by atoms with E-state index in [1.807, 2.05) is 17.9 Å². The zero-order valence-electron chi connectivity index (χ0n) is 24.5. The molecule has 0 bridgehead atoms. The van der Waals surface area contributed by atoms with Crippen molar-refractivity contribution in [2.24, 2.45) is 0 Å². The van der Waals surface area contributed by atoms with Crippen LogP contribution in [0.1, 0.15) is 40.0 Å². The van der Waals surface area contributed by atoms with Gasteiger partial charge in [0.25, 0.3) is 0 Å². The Balaban J connectivity index is 1.58. The molecule has 3 heterocycles. The van der Waals surface area contributed by atoms with Crippen molar-refractivity contribution in [2.45, 2.75) is 32.3 Å². The molecule has 10 nitrogen and oxygen atoms in total. The number of fused-ring (bicyclic) bond motifs is 1. The Morgan fingerprint density at radius 3 is 2.48 bits per heavy atom. The Kier molecular flexibility index (Phi) is 9.03. The van der Waals surface area contributed by atoms with E-state index in [0.29, 0.717) is 60.3 Å². The molecular weight excluding hydrogens is 658 g/mol. The van der Waals surface area contributed by atoms with E-state index in [9.17, 15) is 31.2 Å². The number of hydrogen-bond acceptors (Lipinski definition) is 10. The third-order valence-electron chi connectivity index (χ3n) is 7.31. The molecule has 5 rings (SSSR count). The molecule has 16 heteroatoms. The zero-order valence-corrected chi connectivity index (χ0v) is 26.1. The summed E-state index contributed by atoms with van der Waals surface area (Å²) in [4.78, 5) is 31.4. The summed E-state index contributed by atoms with van der Waals surface area (Å²) >= 11 is 6.13. The summed E-state index contributed by atoms with van der Waals surface area (Å²) in [6, 6.07) is 7.51. The van der Waals surface area contributed by atoms with Gasteiger partial charge in [-0.05, 0) is 56.7 Å². The first-order chi connectivity index (χ1) is 21.6. The predicted octanol–water partition coefficient (Wildman–Crippen LogP) is 6.31. The molecular formula is C30H26ClF4N3O7S. The molecule has 1 atom stereocenters. The summed E-state index contributed by atoms with van der Waals surface area (Å²) in [5.74, 6) is -2.56. The minimum Gasteiger partial charge on any atom is -0.440 e. The summed E-state index contributed by atoms with van der Waals surface area (Å²) in [5.41, 5.74) is -4.59. The van der Waals surface area contributed by atoms with Crippen LogP contribution < -0.4 is 19.8 Å². The van der Waals surface area contributed by atoms with Crippen LogP contribution in [0.25, 0.3) is 22.2 Å². The van der Waals surface area contributed by atoms with Crippen LogP contribution in [0.15, 0.2) is 45.6 Å². The minimum absolute atomic E-state index is 0.0187. The quantitative estimate of drug-likeness (QED) is 0.0741. The number of ether oxygens (including phenoxy) is 1. The lowest BCUT2D eigenvalue weighted by Crippen LogP contribution is -2.37. The van der Waals surface area contributed by atoms with Gasteiger partial charge in [0.05, 0.1) is 47.2 Å². The number of aryl methyl sites for hydroxylation is 1. The van der Waals surface area contributed by atoms with Gasteiger partial charge in [0.2, 0.25) is 5.88 Å². The standard InChI is InChI=1S/C30H26ClF4N3O7S/c1-15-10-20(28-21(11-15)26(40)16(2)29(44-28)38-6-8-43-9-7-38)17(3)36-23-4-5-24(31)37-25(23)18-12-19(14-39)27(22(32)13-18)45-46(41,42)30(33,34)35/h4-5,10-14,17,36H,6-9H2,1-3H3. The molecule has 1 fully saturated rings. The maximum absolute atomic E-state index is 15.1. The van der Waals surface area contributed by atoms with E-state index in [0.717, 1.165) is 11.6 Å². The molecule has 1 saturated heterocycles. The highest BCUT2D eigenvalue weighted by Gasteiger charge is 2.49. The second kappa shape index (κ2) is 12.5. The number of anilines is 2. The number of aldehydes is 1. The Morgan fingerprint density at radius 1 is 1.13 bits per heavy atom. The van der Waals surface area contributed by atoms with Crippen molar-refractivity contribution in [3.05, 3.63) is 79.8 Å². The smallest absolute Gasteiger partial charge is 0.440 e. The second-order valence-electron chi connectivity index (χ2n) is 10.6. The average Bonchev–Trinajstić information content (AvgIpc) is 3.00. The molecule has 0 amide bonds. The van der Waals surface area contributed by atoms with Crippen molar-refractivity contribution in [3.8, 4) is 17.0 Å². The first-order valence-corrected chi connectivity index (χ1v) is 15.5. The normalized spacial score (nSPS) is 14.7. The number of aromatic nitrogens is 1. The Labute approximate surface area is 265 Å². The number of halogens is 5. The highest BCUT2D eigenvalue weighted by molar-refractivity contribution is 7.88. The molecule has 1 aliphatic rings. The Morgan fingerprint density at radius 2 is 1.83 bits per heavy atom. The van der Waals surface area contributed by atoms with Crippen molar-refractivity contribution >= 4 is 50.5 Å². The molecule has 46 heavy (non-hydrogen) atoms. The van der Waals surface area contributed by atoms with E-state index in [1.54, 1.807) is 19.9 Å². The highest BCUT2D eigenvalue weighted by atomic mass is 35.5. The van der Waals surface area contributed by atoms with Crippen LogP contribution >= 0.6 is 11.6 Å². The molecule has 0 radical (unpaired) electrons. The van der Waals surface area contributed by atoms with E-state index in [4.69, 9.17) is 20.8 Å². The van der Waals surface area contributed by atoms with Gasteiger partial charge in [-0.3, -0.25) is 9.59 Å². The van der Waals surface area contributed by atoms with E-state index in [-0.39, 0.29) is 33.8 Å². The predicted molar refractivity (Wildman–Crippen MR) is 163 cm³/mol. The fourth-order valence-corrected chi connectivity index (χ4v) is 5.75. The average molecular weight is 684 g/mol. The number of pyridine rings is 1. The highest BCUT2D eigenvalue weighted by Crippen LogP contribution is 2.38. The first kappa shape index (κ1) is 33.2. The maximum atomic E-state index is 15.1. The zero-order chi connectivity index (χ0) is 33.6. The lowest BCUT2D eigenvalue weighted by atomic mass is 9.99. The van der Waals surface area contributed by atoms with Crippen molar-refractivity contribution < 1.29 is 44.1 Å². The number of nitrogens with one attached hydrogen (secondary N) is 1. The van der Waals surface area contributed by atoms with Gasteiger partial charge in [0, 0.05) is 24.2 Å². The van der Waals surface area contributed by atoms with Gasteiger partial charge in [-0.15, -0.1) is 0 Å². The molecule has 0 aliphatic carbocycles. The largest absolute Gasteiger partial charge is 0.534 e. The molecule has 1 unspecified atom stereocenters. The third-order valence-corrected chi connectivity index (χ3v) is 8.48. The topological polar surface area (TPSA) is 128 Å². The fourth-order valence-electron chi connectivity index (χ4n) is 5.11. The summed E-state index contributed by atoms with van der Waals surface area (Å²) in [5, 5.41) is 3.56. The van der Waals surface area contributed by atoms with Crippen LogP contribution in [0.4, 0.5) is 29.1 Å². The molecule has 0 saturated carbocycles. The third kappa shape index (κ3) is 6.39. The number of hydrogen-bond donors (Lipinski definition) is 1. The number of carbonyl (C=O) groups excluding carboxylic acids is 1. The fraction of sp³-hybridized carbons (Fsp3) is 0.300. The summed E-state index contributed by atoms with van der Waals surface area (Å²) in [7, 11) is -6.27. The number of benzene rings is 2. The Bertz CT molecular complexity index is 2010. The van der Waals surface area contributed by atoms with E-state index >= 15 is 4.39 Å². The van der Waals surface area contributed by atoms with Crippen molar-refractivity contribution in [1.82, 2.24) is 4.98 Å². The summed E-state index contributed by atoms with van der Waals surface area (Å²) in [6.45, 7) is 7.32. The van der Waals surface area contributed by atoms with Crippen LogP contribution in [-0.2, 0) is 14.9 Å². The lowest BCUT2D eigenvalue weighted by molar-refractivity contribution is -0.0501. The molecule has 244 valence electrons. The van der Waals surface area contributed by atoms with Crippen LogP contribution in [0.2, 0.25) is 5.15 Å². The molecule has 4 aromatic rings. The second-order valence-corrected chi connectivity index (χ2v) is 12.5. The van der Waals surface area contributed by atoms with Crippen LogP contribution in [0, 0.1) is 19.7 Å². The molecule has 2 aromatic heterocycles. The molecule has 0 spiro atoms. The van der Waals surface area contributed by atoms with Gasteiger partial charge in [0.1, 0.15) is 10.7 Å². The van der Waals surface area contributed by atoms with Gasteiger partial charge in [-0.25, -0.2) is 9.37 Å². The summed E-state index contributed by atoms with van der Waals surface area (Å²) in [6.07, 6.45) is -0.0526. The van der Waals surface area contributed by atoms with Crippen LogP contribution in [-0.4, -0.2) is 51.5 Å². The van der Waals surface area contributed by atoms with E-state index in [1.165, 1.54) is 12.1 Å². The number of alkyl halides is 3. The number of carbonyl (C=O) groups is 1. The number of nitrogens with zero attached hydrogens (tertiary/aromatic N) is 2. The molecule has 2 aromatic carbocycles. The van der Waals surface area contributed by atoms with E-state index < -0.39 is 38.8 Å². The van der Waals surface area contributed by atoms with Gasteiger partial charge >= 0.3 is 15.6 Å². The number of morpholine rings is 1. The van der Waals surface area contributed by atoms with E-state index in [2.05, 4.69) is 14.5 Å². The maximum Gasteiger partial charge on any atom is 0.534 e. The molecule has 1 aliphatic heterocycles. The van der Waals surface area contributed by atoms with Crippen molar-refractivity contribution in [2.75, 3.05) is 36.5 Å². The Hall–Kier alpha value is -4.21. The number of rotatable bonds is 8. The van der Waals surface area contributed by atoms with Crippen molar-refractivity contribution in [3.63, 3.8) is 0 Å². The van der Waals surface area contributed by atoms with Crippen LogP contribution in [0.3, 0.4) is 0 Å².